The minimum atomic E-state index is -2.77. The summed E-state index contributed by atoms with van der Waals surface area (Å²) in [7, 11) is 0. The number of rotatable bonds is 3. The molecule has 4 nitrogen and oxygen atoms in total. The first-order valence-corrected chi connectivity index (χ1v) is 4.15. The molecule has 15 heavy (non-hydrogen) atoms. The first kappa shape index (κ1) is 11.5. The quantitative estimate of drug-likeness (QED) is 0.779. The predicted octanol–water partition coefficient (Wildman–Crippen LogP) is 0.842. The molecule has 6 heteroatoms. The molecule has 0 fully saturated rings. The third-order valence-electron chi connectivity index (χ3n) is 2.00. The maximum absolute atomic E-state index is 12.5. The summed E-state index contributed by atoms with van der Waals surface area (Å²) in [6.07, 6.45) is -1.88. The van der Waals surface area contributed by atoms with Crippen LogP contribution in [0, 0.1) is 11.3 Å². The number of hydrogen-bond donors (Lipinski definition) is 2. The summed E-state index contributed by atoms with van der Waals surface area (Å²) in [6.45, 7) is -0.531. The number of nitriles is 1. The monoisotopic (exact) mass is 213 g/mol. The summed E-state index contributed by atoms with van der Waals surface area (Å²) < 4.78 is 24.9. The fourth-order valence-electron chi connectivity index (χ4n) is 1.26. The lowest BCUT2D eigenvalue weighted by molar-refractivity contribution is 0.150. The number of hydrogen-bond acceptors (Lipinski definition) is 4. The number of alkyl halides is 2. The Bertz CT molecular complexity index is 401. The second-order valence-corrected chi connectivity index (χ2v) is 2.79. The first-order valence-electron chi connectivity index (χ1n) is 4.15. The molecule has 1 heterocycles. The smallest absolute Gasteiger partial charge is 0.266 e. The Morgan fingerprint density at radius 2 is 2.27 bits per heavy atom. The van der Waals surface area contributed by atoms with E-state index in [0.717, 1.165) is 6.20 Å². The molecular weight excluding hydrogens is 204 g/mol. The molecule has 80 valence electrons. The summed E-state index contributed by atoms with van der Waals surface area (Å²) in [5.41, 5.74) is 5.03. The van der Waals surface area contributed by atoms with Crippen molar-refractivity contribution in [3.05, 3.63) is 28.6 Å². The van der Waals surface area contributed by atoms with Gasteiger partial charge in [-0.2, -0.15) is 5.26 Å². The molecule has 0 amide bonds. The van der Waals surface area contributed by atoms with Crippen LogP contribution < -0.4 is 5.73 Å². The van der Waals surface area contributed by atoms with E-state index in [2.05, 4.69) is 4.98 Å². The Labute approximate surface area is 85.0 Å². The molecule has 0 saturated carbocycles. The number of aromatic nitrogens is 1. The molecule has 0 bridgehead atoms. The van der Waals surface area contributed by atoms with Gasteiger partial charge in [-0.25, -0.2) is 8.78 Å². The Morgan fingerprint density at radius 1 is 1.60 bits per heavy atom. The van der Waals surface area contributed by atoms with Gasteiger partial charge in [-0.05, 0) is 0 Å². The topological polar surface area (TPSA) is 82.9 Å². The van der Waals surface area contributed by atoms with E-state index in [1.54, 1.807) is 6.07 Å². The van der Waals surface area contributed by atoms with E-state index in [-0.39, 0.29) is 23.4 Å². The van der Waals surface area contributed by atoms with Crippen molar-refractivity contribution in [3.8, 4) is 6.07 Å². The van der Waals surface area contributed by atoms with Crippen LogP contribution in [0.2, 0.25) is 0 Å². The van der Waals surface area contributed by atoms with Crippen molar-refractivity contribution in [2.75, 3.05) is 0 Å². The van der Waals surface area contributed by atoms with Gasteiger partial charge in [-0.15, -0.1) is 0 Å². The standard InChI is InChI=1S/C9H9F2N3O/c10-9(11)7-3-14-8(4-15)6(2-13)5(7)1-12/h3,9,15H,2,4,13H2. The van der Waals surface area contributed by atoms with E-state index < -0.39 is 18.6 Å². The van der Waals surface area contributed by atoms with Crippen LogP contribution in [-0.2, 0) is 13.2 Å². The van der Waals surface area contributed by atoms with Gasteiger partial charge in [0.15, 0.2) is 0 Å². The molecule has 1 aromatic rings. The fourth-order valence-corrected chi connectivity index (χ4v) is 1.26. The van der Waals surface area contributed by atoms with Gasteiger partial charge >= 0.3 is 0 Å². The highest BCUT2D eigenvalue weighted by Crippen LogP contribution is 2.25. The number of nitrogens with two attached hydrogens (primary N) is 1. The number of aliphatic hydroxyl groups is 1. The van der Waals surface area contributed by atoms with E-state index in [9.17, 15) is 8.78 Å². The van der Waals surface area contributed by atoms with Crippen molar-refractivity contribution in [1.82, 2.24) is 4.98 Å². The summed E-state index contributed by atoms with van der Waals surface area (Å²) in [5.74, 6) is 0. The van der Waals surface area contributed by atoms with E-state index in [4.69, 9.17) is 16.1 Å². The molecule has 0 aliphatic rings. The lowest BCUT2D eigenvalue weighted by Crippen LogP contribution is -2.09. The Balaban J connectivity index is 3.43. The maximum atomic E-state index is 12.5. The summed E-state index contributed by atoms with van der Waals surface area (Å²) in [6, 6.07) is 1.66. The molecule has 0 aliphatic heterocycles. The fraction of sp³-hybridized carbons (Fsp3) is 0.333. The zero-order valence-electron chi connectivity index (χ0n) is 7.74. The first-order chi connectivity index (χ1) is 7.15. The summed E-state index contributed by atoms with van der Waals surface area (Å²) >= 11 is 0. The van der Waals surface area contributed by atoms with Crippen LogP contribution >= 0.6 is 0 Å². The van der Waals surface area contributed by atoms with Gasteiger partial charge in [0.05, 0.1) is 23.4 Å². The number of pyridine rings is 1. The zero-order valence-corrected chi connectivity index (χ0v) is 7.74. The minimum Gasteiger partial charge on any atom is -0.390 e. The summed E-state index contributed by atoms with van der Waals surface area (Å²) in [5, 5.41) is 17.6. The molecule has 3 N–H and O–H groups in total. The van der Waals surface area contributed by atoms with Crippen molar-refractivity contribution < 1.29 is 13.9 Å². The van der Waals surface area contributed by atoms with Gasteiger partial charge < -0.3 is 10.8 Å². The molecular formula is C9H9F2N3O. The van der Waals surface area contributed by atoms with E-state index in [1.165, 1.54) is 0 Å². The second-order valence-electron chi connectivity index (χ2n) is 2.79. The molecule has 0 aliphatic carbocycles. The van der Waals surface area contributed by atoms with Gasteiger partial charge in [0, 0.05) is 18.3 Å². The average molecular weight is 213 g/mol. The molecule has 0 atom stereocenters. The largest absolute Gasteiger partial charge is 0.390 e. The van der Waals surface area contributed by atoms with E-state index in [0.29, 0.717) is 0 Å². The van der Waals surface area contributed by atoms with Crippen molar-refractivity contribution in [1.29, 1.82) is 5.26 Å². The van der Waals surface area contributed by atoms with Crippen molar-refractivity contribution in [2.45, 2.75) is 19.6 Å². The average Bonchev–Trinajstić information content (AvgIpc) is 2.26. The Morgan fingerprint density at radius 3 is 2.67 bits per heavy atom. The number of halogens is 2. The number of aliphatic hydroxyl groups excluding tert-OH is 1. The van der Waals surface area contributed by atoms with Crippen LogP contribution in [0.1, 0.15) is 28.8 Å². The second kappa shape index (κ2) is 4.77. The highest BCUT2D eigenvalue weighted by molar-refractivity contribution is 5.45. The lowest BCUT2D eigenvalue weighted by atomic mass is 10.0. The molecule has 0 unspecified atom stereocenters. The third-order valence-corrected chi connectivity index (χ3v) is 2.00. The minimum absolute atomic E-state index is 0.105. The van der Waals surface area contributed by atoms with Crippen LogP contribution in [0.4, 0.5) is 8.78 Å². The van der Waals surface area contributed by atoms with Crippen LogP contribution in [0.15, 0.2) is 6.20 Å². The highest BCUT2D eigenvalue weighted by Gasteiger charge is 2.18. The van der Waals surface area contributed by atoms with Gasteiger partial charge in [0.25, 0.3) is 6.43 Å². The molecule has 1 rings (SSSR count). The van der Waals surface area contributed by atoms with Crippen LogP contribution in [0.25, 0.3) is 0 Å². The van der Waals surface area contributed by atoms with Gasteiger partial charge in [0.2, 0.25) is 0 Å². The van der Waals surface area contributed by atoms with Crippen molar-refractivity contribution >= 4 is 0 Å². The van der Waals surface area contributed by atoms with Gasteiger partial charge in [0.1, 0.15) is 6.07 Å². The van der Waals surface area contributed by atoms with Gasteiger partial charge in [-0.3, -0.25) is 4.98 Å². The molecule has 0 aromatic carbocycles. The third kappa shape index (κ3) is 2.09. The van der Waals surface area contributed by atoms with Crippen molar-refractivity contribution in [3.63, 3.8) is 0 Å². The van der Waals surface area contributed by atoms with E-state index in [1.807, 2.05) is 0 Å². The van der Waals surface area contributed by atoms with E-state index >= 15 is 0 Å². The van der Waals surface area contributed by atoms with Crippen LogP contribution in [0.3, 0.4) is 0 Å². The van der Waals surface area contributed by atoms with Crippen LogP contribution in [0.5, 0.6) is 0 Å². The molecule has 0 spiro atoms. The molecule has 0 saturated heterocycles. The highest BCUT2D eigenvalue weighted by atomic mass is 19.3. The molecule has 1 aromatic heterocycles. The number of nitrogens with zero attached hydrogens (tertiary/aromatic N) is 2. The predicted molar refractivity (Wildman–Crippen MR) is 47.7 cm³/mol. The Hall–Kier alpha value is -1.58. The van der Waals surface area contributed by atoms with Gasteiger partial charge in [-0.1, -0.05) is 0 Å². The Kier molecular flexibility index (Phi) is 3.66. The maximum Gasteiger partial charge on any atom is 0.266 e. The zero-order chi connectivity index (χ0) is 11.4. The normalized spacial score (nSPS) is 10.4. The lowest BCUT2D eigenvalue weighted by Gasteiger charge is -2.10. The van der Waals surface area contributed by atoms with Crippen LogP contribution in [-0.4, -0.2) is 10.1 Å². The van der Waals surface area contributed by atoms with Crippen molar-refractivity contribution in [2.24, 2.45) is 5.73 Å². The SMILES string of the molecule is N#Cc1c(C(F)F)cnc(CO)c1CN. The summed E-state index contributed by atoms with van der Waals surface area (Å²) in [4.78, 5) is 3.64. The molecule has 0 radical (unpaired) electrons.